The molecule has 0 bridgehead atoms. The molecular formula is C31H36Cl2N4O4. The highest BCUT2D eigenvalue weighted by Gasteiger charge is 2.31. The minimum atomic E-state index is -0.391. The average molecular weight is 600 g/mol. The fraction of sp³-hybridized carbons (Fsp3) is 0.355. The summed E-state index contributed by atoms with van der Waals surface area (Å²) in [4.78, 5) is 29.9. The number of hydrogen-bond acceptors (Lipinski definition) is 5. The molecule has 3 N–H and O–H groups in total. The number of anilines is 2. The number of fused-ring (bicyclic) bond motifs is 1. The van der Waals surface area contributed by atoms with Crippen LogP contribution in [0.15, 0.2) is 66.7 Å². The number of ether oxygens (including phenoxy) is 1. The van der Waals surface area contributed by atoms with Gasteiger partial charge in [0.1, 0.15) is 11.9 Å². The van der Waals surface area contributed by atoms with E-state index in [1.165, 1.54) is 0 Å². The first-order valence-electron chi connectivity index (χ1n) is 13.6. The predicted octanol–water partition coefficient (Wildman–Crippen LogP) is 5.92. The summed E-state index contributed by atoms with van der Waals surface area (Å²) in [5, 5.41) is 16.5. The van der Waals surface area contributed by atoms with Gasteiger partial charge in [-0.15, -0.1) is 0 Å². The third-order valence-electron chi connectivity index (χ3n) is 7.13. The molecule has 0 radical (unpaired) electrons. The van der Waals surface area contributed by atoms with Crippen LogP contribution in [0.25, 0.3) is 0 Å². The smallest absolute Gasteiger partial charge is 0.323 e. The lowest BCUT2D eigenvalue weighted by atomic mass is 10.0. The first kappa shape index (κ1) is 30.7. The molecule has 3 amide bonds. The highest BCUT2D eigenvalue weighted by atomic mass is 35.5. The van der Waals surface area contributed by atoms with E-state index in [0.717, 1.165) is 5.56 Å². The molecular weight excluding hydrogens is 563 g/mol. The van der Waals surface area contributed by atoms with Crippen molar-refractivity contribution in [2.24, 2.45) is 5.92 Å². The number of benzene rings is 3. The molecule has 3 atom stereocenters. The highest BCUT2D eigenvalue weighted by Crippen LogP contribution is 2.30. The number of amides is 3. The summed E-state index contributed by atoms with van der Waals surface area (Å²) in [6.07, 6.45) is -0.186. The molecule has 0 fully saturated rings. The number of nitrogens with one attached hydrogen (secondary N) is 2. The molecule has 1 aliphatic rings. The Hall–Kier alpha value is -3.30. The number of hydrogen-bond donors (Lipinski definition) is 3. The number of aliphatic hydroxyl groups is 1. The second kappa shape index (κ2) is 14.0. The fourth-order valence-corrected chi connectivity index (χ4v) is 5.18. The molecule has 0 aliphatic carbocycles. The molecule has 0 unspecified atom stereocenters. The standard InChI is InChI=1S/C31H36Cl2N4O4/c1-20-16-37(21(2)19-38)30(39)15-23-14-25(35-31(40)34-24-7-5-4-6-8-24)10-12-28(23)41-29(20)18-36(3)17-22-9-11-26(32)27(33)13-22/h4-14,20-21,29,38H,15-19H2,1-3H3,(H2,34,35,40)/t20-,21-,29+/m1/s1. The number of carbonyl (C=O) groups excluding carboxylic acids is 2. The number of halogens is 2. The lowest BCUT2D eigenvalue weighted by Gasteiger charge is -2.34. The van der Waals surface area contributed by atoms with Crippen molar-refractivity contribution in [2.45, 2.75) is 39.0 Å². The molecule has 1 heterocycles. The first-order chi connectivity index (χ1) is 19.6. The van der Waals surface area contributed by atoms with Gasteiger partial charge >= 0.3 is 6.03 Å². The molecule has 1 aliphatic heterocycles. The van der Waals surface area contributed by atoms with Crippen molar-refractivity contribution < 1.29 is 19.4 Å². The van der Waals surface area contributed by atoms with E-state index in [-0.39, 0.29) is 37.0 Å². The number of aliphatic hydroxyl groups excluding tert-OH is 1. The Morgan fingerprint density at radius 2 is 1.80 bits per heavy atom. The van der Waals surface area contributed by atoms with Gasteiger partial charge in [-0.2, -0.15) is 0 Å². The van der Waals surface area contributed by atoms with Gasteiger partial charge in [0, 0.05) is 42.5 Å². The Balaban J connectivity index is 1.56. The van der Waals surface area contributed by atoms with Gasteiger partial charge in [-0.1, -0.05) is 54.4 Å². The van der Waals surface area contributed by atoms with Crippen LogP contribution < -0.4 is 15.4 Å². The normalized spacial score (nSPS) is 18.0. The maximum atomic E-state index is 13.5. The number of rotatable bonds is 8. The van der Waals surface area contributed by atoms with Crippen LogP contribution >= 0.6 is 23.2 Å². The highest BCUT2D eigenvalue weighted by molar-refractivity contribution is 6.42. The summed E-state index contributed by atoms with van der Waals surface area (Å²) in [5.74, 6) is 0.439. The second-order valence-corrected chi connectivity index (χ2v) is 11.4. The number of nitrogens with zero attached hydrogens (tertiary/aromatic N) is 2. The van der Waals surface area contributed by atoms with E-state index in [1.54, 1.807) is 41.3 Å². The van der Waals surface area contributed by atoms with Crippen molar-refractivity contribution in [2.75, 3.05) is 37.4 Å². The summed E-state index contributed by atoms with van der Waals surface area (Å²) in [7, 11) is 2.00. The van der Waals surface area contributed by atoms with Gasteiger partial charge in [0.05, 0.1) is 29.1 Å². The first-order valence-corrected chi connectivity index (χ1v) is 14.3. The Morgan fingerprint density at radius 3 is 2.51 bits per heavy atom. The zero-order valence-electron chi connectivity index (χ0n) is 23.4. The molecule has 0 saturated carbocycles. The summed E-state index contributed by atoms with van der Waals surface area (Å²) in [6.45, 7) is 5.39. The van der Waals surface area contributed by atoms with E-state index < -0.39 is 6.03 Å². The van der Waals surface area contributed by atoms with E-state index in [0.29, 0.717) is 52.4 Å². The zero-order chi connectivity index (χ0) is 29.5. The quantitative estimate of drug-likeness (QED) is 0.299. The van der Waals surface area contributed by atoms with E-state index in [2.05, 4.69) is 22.5 Å². The van der Waals surface area contributed by atoms with Crippen LogP contribution in [-0.4, -0.2) is 65.7 Å². The van der Waals surface area contributed by atoms with Crippen LogP contribution in [0.1, 0.15) is 25.0 Å². The lowest BCUT2D eigenvalue weighted by Crippen LogP contribution is -2.47. The van der Waals surface area contributed by atoms with Crippen LogP contribution in [0.3, 0.4) is 0 Å². The van der Waals surface area contributed by atoms with Crippen molar-refractivity contribution in [3.05, 3.63) is 87.9 Å². The van der Waals surface area contributed by atoms with E-state index in [1.807, 2.05) is 44.3 Å². The zero-order valence-corrected chi connectivity index (χ0v) is 25.0. The third-order valence-corrected chi connectivity index (χ3v) is 7.87. The van der Waals surface area contributed by atoms with Crippen LogP contribution in [0.4, 0.5) is 16.2 Å². The minimum Gasteiger partial charge on any atom is -0.488 e. The fourth-order valence-electron chi connectivity index (χ4n) is 4.86. The molecule has 0 spiro atoms. The Morgan fingerprint density at radius 1 is 1.07 bits per heavy atom. The Labute approximate surface area is 251 Å². The summed E-state index contributed by atoms with van der Waals surface area (Å²) in [6, 6.07) is 19.3. The van der Waals surface area contributed by atoms with Crippen molar-refractivity contribution in [1.29, 1.82) is 0 Å². The molecule has 218 valence electrons. The minimum absolute atomic E-state index is 0.0374. The molecule has 0 saturated heterocycles. The maximum absolute atomic E-state index is 13.5. The summed E-state index contributed by atoms with van der Waals surface area (Å²) >= 11 is 12.3. The van der Waals surface area contributed by atoms with E-state index in [9.17, 15) is 14.7 Å². The third kappa shape index (κ3) is 8.36. The molecule has 4 rings (SSSR count). The number of para-hydroxylation sites is 1. The number of likely N-dealkylation sites (N-methyl/N-ethyl adjacent to an activating group) is 1. The molecule has 0 aromatic heterocycles. The van der Waals surface area contributed by atoms with Gasteiger partial charge in [-0.3, -0.25) is 9.69 Å². The Kier molecular flexibility index (Phi) is 10.5. The van der Waals surface area contributed by atoms with Crippen molar-refractivity contribution >= 4 is 46.5 Å². The number of carbonyl (C=O) groups is 2. The molecule has 10 heteroatoms. The molecule has 8 nitrogen and oxygen atoms in total. The van der Waals surface area contributed by atoms with Gasteiger partial charge in [0.25, 0.3) is 0 Å². The van der Waals surface area contributed by atoms with Crippen LogP contribution in [0, 0.1) is 5.92 Å². The van der Waals surface area contributed by atoms with Gasteiger partial charge in [0.2, 0.25) is 5.91 Å². The van der Waals surface area contributed by atoms with Crippen LogP contribution in [0.5, 0.6) is 5.75 Å². The van der Waals surface area contributed by atoms with Crippen LogP contribution in [-0.2, 0) is 17.8 Å². The van der Waals surface area contributed by atoms with Gasteiger partial charge in [-0.05, 0) is 62.0 Å². The maximum Gasteiger partial charge on any atom is 0.323 e. The second-order valence-electron chi connectivity index (χ2n) is 10.6. The van der Waals surface area contributed by atoms with Crippen molar-refractivity contribution in [3.8, 4) is 5.75 Å². The van der Waals surface area contributed by atoms with Crippen molar-refractivity contribution in [1.82, 2.24) is 9.80 Å². The Bertz CT molecular complexity index is 1360. The largest absolute Gasteiger partial charge is 0.488 e. The summed E-state index contributed by atoms with van der Waals surface area (Å²) in [5.41, 5.74) is 2.89. The average Bonchev–Trinajstić information content (AvgIpc) is 2.98. The molecule has 3 aromatic carbocycles. The van der Waals surface area contributed by atoms with Crippen molar-refractivity contribution in [3.63, 3.8) is 0 Å². The van der Waals surface area contributed by atoms with E-state index >= 15 is 0 Å². The summed E-state index contributed by atoms with van der Waals surface area (Å²) < 4.78 is 6.59. The monoisotopic (exact) mass is 598 g/mol. The molecule has 41 heavy (non-hydrogen) atoms. The molecule has 3 aromatic rings. The lowest BCUT2D eigenvalue weighted by molar-refractivity contribution is -0.134. The van der Waals surface area contributed by atoms with Gasteiger partial charge in [-0.25, -0.2) is 4.79 Å². The van der Waals surface area contributed by atoms with Gasteiger partial charge < -0.3 is 25.4 Å². The van der Waals surface area contributed by atoms with E-state index in [4.69, 9.17) is 27.9 Å². The number of urea groups is 1. The van der Waals surface area contributed by atoms with Gasteiger partial charge in [0.15, 0.2) is 0 Å². The predicted molar refractivity (Wildman–Crippen MR) is 164 cm³/mol. The van der Waals surface area contributed by atoms with Crippen LogP contribution in [0.2, 0.25) is 10.0 Å². The topological polar surface area (TPSA) is 94.1 Å². The SMILES string of the molecule is C[C@@H]1CN([C@H](C)CO)C(=O)Cc2cc(NC(=O)Nc3ccccc3)ccc2O[C@H]1CN(C)Cc1ccc(Cl)c(Cl)c1.